The average molecular weight is 472 g/mol. The lowest BCUT2D eigenvalue weighted by atomic mass is 10.1. The molecule has 1 aliphatic heterocycles. The van der Waals surface area contributed by atoms with E-state index in [1.165, 1.54) is 13.2 Å². The van der Waals surface area contributed by atoms with Gasteiger partial charge in [0, 0.05) is 11.6 Å². The van der Waals surface area contributed by atoms with E-state index in [2.05, 4.69) is 5.32 Å². The normalized spacial score (nSPS) is 14.6. The number of anilines is 1. The molecular formula is C27H24N2O6. The summed E-state index contributed by atoms with van der Waals surface area (Å²) in [6.45, 7) is 2.62. The Morgan fingerprint density at radius 1 is 0.886 bits per heavy atom. The zero-order valence-electron chi connectivity index (χ0n) is 19.3. The van der Waals surface area contributed by atoms with Crippen LogP contribution in [-0.2, 0) is 16.2 Å². The Hall–Kier alpha value is -4.59. The standard InChI is InChI=1S/C27H24N2O6/c1-3-34-21-13-10-20(11-14-21)29-26(31)23(25(30)28-27(29)32)15-19-9-12-22(33-2)16-24(19)35-17-18-7-5-4-6-8-18/h4-16H,3,17H2,1-2H3,(H,28,30,32)/b23-15+. The van der Waals surface area contributed by atoms with Gasteiger partial charge >= 0.3 is 6.03 Å². The van der Waals surface area contributed by atoms with Gasteiger partial charge in [-0.05, 0) is 55.0 Å². The Morgan fingerprint density at radius 3 is 2.29 bits per heavy atom. The van der Waals surface area contributed by atoms with E-state index in [0.29, 0.717) is 35.1 Å². The lowest BCUT2D eigenvalue weighted by molar-refractivity contribution is -0.122. The molecule has 1 N–H and O–H groups in total. The Morgan fingerprint density at radius 2 is 1.60 bits per heavy atom. The molecule has 0 bridgehead atoms. The van der Waals surface area contributed by atoms with Gasteiger partial charge in [0.2, 0.25) is 0 Å². The third kappa shape index (κ3) is 5.33. The molecule has 0 atom stereocenters. The average Bonchev–Trinajstić information content (AvgIpc) is 2.87. The van der Waals surface area contributed by atoms with Gasteiger partial charge in [0.05, 0.1) is 19.4 Å². The molecule has 1 aliphatic rings. The van der Waals surface area contributed by atoms with Gasteiger partial charge < -0.3 is 14.2 Å². The van der Waals surface area contributed by atoms with Crippen molar-refractivity contribution in [1.82, 2.24) is 5.32 Å². The fourth-order valence-electron chi connectivity index (χ4n) is 3.53. The summed E-state index contributed by atoms with van der Waals surface area (Å²) >= 11 is 0. The Bertz CT molecular complexity index is 1270. The summed E-state index contributed by atoms with van der Waals surface area (Å²) in [6, 6.07) is 20.3. The first-order valence-electron chi connectivity index (χ1n) is 11.0. The number of nitrogens with one attached hydrogen (secondary N) is 1. The van der Waals surface area contributed by atoms with Crippen LogP contribution in [0.2, 0.25) is 0 Å². The summed E-state index contributed by atoms with van der Waals surface area (Å²) in [5.41, 5.74) is 1.55. The number of benzene rings is 3. The molecule has 0 radical (unpaired) electrons. The lowest BCUT2D eigenvalue weighted by Gasteiger charge is -2.26. The van der Waals surface area contributed by atoms with Gasteiger partial charge in [-0.2, -0.15) is 0 Å². The molecule has 8 heteroatoms. The first kappa shape index (κ1) is 23.6. The van der Waals surface area contributed by atoms with Crippen molar-refractivity contribution in [2.45, 2.75) is 13.5 Å². The number of carbonyl (C=O) groups excluding carboxylic acids is 3. The highest BCUT2D eigenvalue weighted by Crippen LogP contribution is 2.30. The van der Waals surface area contributed by atoms with Crippen LogP contribution in [0.5, 0.6) is 17.2 Å². The maximum Gasteiger partial charge on any atom is 0.335 e. The number of ether oxygens (including phenoxy) is 3. The lowest BCUT2D eigenvalue weighted by Crippen LogP contribution is -2.54. The van der Waals surface area contributed by atoms with Crippen molar-refractivity contribution in [3.63, 3.8) is 0 Å². The minimum absolute atomic E-state index is 0.201. The second kappa shape index (κ2) is 10.6. The van der Waals surface area contributed by atoms with Gasteiger partial charge in [0.1, 0.15) is 29.4 Å². The molecule has 4 rings (SSSR count). The molecule has 0 saturated carbocycles. The summed E-state index contributed by atoms with van der Waals surface area (Å²) < 4.78 is 16.7. The second-order valence-electron chi connectivity index (χ2n) is 7.56. The predicted octanol–water partition coefficient (Wildman–Crippen LogP) is 4.34. The molecule has 0 aromatic heterocycles. The molecule has 0 spiro atoms. The molecule has 178 valence electrons. The van der Waals surface area contributed by atoms with E-state index < -0.39 is 17.8 Å². The molecule has 0 aliphatic carbocycles. The summed E-state index contributed by atoms with van der Waals surface area (Å²) in [5.74, 6) is 0.0535. The number of hydrogen-bond donors (Lipinski definition) is 1. The molecule has 1 saturated heterocycles. The number of nitrogens with zero attached hydrogens (tertiary/aromatic N) is 1. The Kier molecular flexibility index (Phi) is 7.11. The third-order valence-corrected chi connectivity index (χ3v) is 5.27. The molecule has 1 heterocycles. The van der Waals surface area contributed by atoms with Gasteiger partial charge in [-0.15, -0.1) is 0 Å². The number of hydrogen-bond acceptors (Lipinski definition) is 6. The number of barbiturate groups is 1. The highest BCUT2D eigenvalue weighted by Gasteiger charge is 2.37. The molecule has 1 fully saturated rings. The quantitative estimate of drug-likeness (QED) is 0.387. The van der Waals surface area contributed by atoms with Crippen LogP contribution in [0.3, 0.4) is 0 Å². The predicted molar refractivity (Wildman–Crippen MR) is 130 cm³/mol. The maximum atomic E-state index is 13.3. The highest BCUT2D eigenvalue weighted by molar-refractivity contribution is 6.39. The summed E-state index contributed by atoms with van der Waals surface area (Å²) in [7, 11) is 1.53. The molecule has 35 heavy (non-hydrogen) atoms. The van der Waals surface area contributed by atoms with Crippen LogP contribution in [0.4, 0.5) is 10.5 Å². The first-order chi connectivity index (χ1) is 17.0. The van der Waals surface area contributed by atoms with Gasteiger partial charge in [0.25, 0.3) is 11.8 Å². The Balaban J connectivity index is 1.66. The van der Waals surface area contributed by atoms with Crippen LogP contribution in [0.25, 0.3) is 6.08 Å². The Labute approximate surface area is 202 Å². The number of imide groups is 2. The van der Waals surface area contributed by atoms with Crippen molar-refractivity contribution in [3.8, 4) is 17.2 Å². The van der Waals surface area contributed by atoms with Crippen LogP contribution in [-0.4, -0.2) is 31.6 Å². The zero-order valence-corrected chi connectivity index (χ0v) is 19.3. The second-order valence-corrected chi connectivity index (χ2v) is 7.56. The molecular weight excluding hydrogens is 448 g/mol. The van der Waals surface area contributed by atoms with E-state index in [-0.39, 0.29) is 12.2 Å². The molecule has 3 aromatic carbocycles. The topological polar surface area (TPSA) is 94.2 Å². The fourth-order valence-corrected chi connectivity index (χ4v) is 3.53. The highest BCUT2D eigenvalue weighted by atomic mass is 16.5. The summed E-state index contributed by atoms with van der Waals surface area (Å²) in [4.78, 5) is 39.3. The molecule has 4 amide bonds. The summed E-state index contributed by atoms with van der Waals surface area (Å²) in [6.07, 6.45) is 1.41. The van der Waals surface area contributed by atoms with E-state index in [9.17, 15) is 14.4 Å². The fraction of sp³-hybridized carbons (Fsp3) is 0.148. The number of amides is 4. The van der Waals surface area contributed by atoms with E-state index in [1.54, 1.807) is 42.5 Å². The van der Waals surface area contributed by atoms with Gasteiger partial charge in [-0.25, -0.2) is 9.69 Å². The zero-order chi connectivity index (χ0) is 24.8. The van der Waals surface area contributed by atoms with Crippen LogP contribution < -0.4 is 24.4 Å². The molecule has 8 nitrogen and oxygen atoms in total. The molecule has 3 aromatic rings. The van der Waals surface area contributed by atoms with Gasteiger partial charge in [-0.3, -0.25) is 14.9 Å². The monoisotopic (exact) mass is 472 g/mol. The van der Waals surface area contributed by atoms with Crippen LogP contribution in [0.1, 0.15) is 18.1 Å². The van der Waals surface area contributed by atoms with Crippen molar-refractivity contribution in [2.24, 2.45) is 0 Å². The van der Waals surface area contributed by atoms with Crippen LogP contribution in [0, 0.1) is 0 Å². The van der Waals surface area contributed by atoms with E-state index >= 15 is 0 Å². The van der Waals surface area contributed by atoms with Crippen molar-refractivity contribution < 1.29 is 28.6 Å². The number of rotatable bonds is 8. The molecule has 0 unspecified atom stereocenters. The van der Waals surface area contributed by atoms with E-state index in [0.717, 1.165) is 10.5 Å². The van der Waals surface area contributed by atoms with Gasteiger partial charge in [0.15, 0.2) is 0 Å². The van der Waals surface area contributed by atoms with Crippen molar-refractivity contribution in [2.75, 3.05) is 18.6 Å². The largest absolute Gasteiger partial charge is 0.497 e. The number of carbonyl (C=O) groups is 3. The maximum absolute atomic E-state index is 13.3. The van der Waals surface area contributed by atoms with E-state index in [4.69, 9.17) is 14.2 Å². The first-order valence-corrected chi connectivity index (χ1v) is 11.0. The van der Waals surface area contributed by atoms with Crippen LogP contribution >= 0.6 is 0 Å². The van der Waals surface area contributed by atoms with Crippen LogP contribution in [0.15, 0.2) is 78.4 Å². The number of urea groups is 1. The van der Waals surface area contributed by atoms with Crippen molar-refractivity contribution in [1.29, 1.82) is 0 Å². The SMILES string of the molecule is CCOc1ccc(N2C(=O)NC(=O)/C(=C\c3ccc(OC)cc3OCc3ccccc3)C2=O)cc1. The third-order valence-electron chi connectivity index (χ3n) is 5.27. The number of methoxy groups -OCH3 is 1. The summed E-state index contributed by atoms with van der Waals surface area (Å²) in [5, 5.41) is 2.23. The van der Waals surface area contributed by atoms with Crippen molar-refractivity contribution >= 4 is 29.6 Å². The van der Waals surface area contributed by atoms with E-state index in [1.807, 2.05) is 37.3 Å². The van der Waals surface area contributed by atoms with Crippen molar-refractivity contribution in [3.05, 3.63) is 89.5 Å². The smallest absolute Gasteiger partial charge is 0.335 e. The van der Waals surface area contributed by atoms with Gasteiger partial charge in [-0.1, -0.05) is 30.3 Å². The minimum atomic E-state index is -0.823. The minimum Gasteiger partial charge on any atom is -0.497 e.